The Morgan fingerprint density at radius 2 is 2.05 bits per heavy atom. The molecule has 0 aliphatic carbocycles. The summed E-state index contributed by atoms with van der Waals surface area (Å²) in [4.78, 5) is 5.96. The molecule has 1 fully saturated rings. The topological polar surface area (TPSA) is 28.2 Å². The molecule has 2 rings (SSSR count). The molecule has 7 heteroatoms. The molecule has 0 spiro atoms. The van der Waals surface area contributed by atoms with Crippen molar-refractivity contribution < 1.29 is 13.2 Å². The molecule has 1 N–H and O–H groups in total. The molecular weight excluding hydrogens is 291 g/mol. The Morgan fingerprint density at radius 1 is 1.35 bits per heavy atom. The monoisotopic (exact) mass is 307 g/mol. The van der Waals surface area contributed by atoms with E-state index in [4.69, 9.17) is 11.6 Å². The number of nitrogens with one attached hydrogen (secondary N) is 1. The van der Waals surface area contributed by atoms with Crippen molar-refractivity contribution in [2.75, 3.05) is 26.2 Å². The van der Waals surface area contributed by atoms with Crippen molar-refractivity contribution in [3.8, 4) is 0 Å². The molecule has 0 aromatic carbocycles. The number of nitrogens with zero attached hydrogens (tertiary/aromatic N) is 2. The van der Waals surface area contributed by atoms with E-state index in [-0.39, 0.29) is 12.5 Å². The van der Waals surface area contributed by atoms with Gasteiger partial charge in [0.05, 0.1) is 5.02 Å². The van der Waals surface area contributed by atoms with Gasteiger partial charge >= 0.3 is 6.18 Å². The Labute approximate surface area is 121 Å². The smallest absolute Gasteiger partial charge is 0.314 e. The summed E-state index contributed by atoms with van der Waals surface area (Å²) in [5.41, 5.74) is 0.729. The maximum absolute atomic E-state index is 12.5. The van der Waals surface area contributed by atoms with Crippen LogP contribution in [0, 0.1) is 0 Å². The molecule has 0 amide bonds. The van der Waals surface area contributed by atoms with E-state index in [1.807, 2.05) is 0 Å². The van der Waals surface area contributed by atoms with E-state index in [9.17, 15) is 13.2 Å². The SMILES string of the molecule is FC(F)(F)CC[C@H](c1ccncc1Cl)N1CCNCC1. The van der Waals surface area contributed by atoms with Gasteiger partial charge in [0.1, 0.15) is 0 Å². The van der Waals surface area contributed by atoms with Crippen LogP contribution in [-0.2, 0) is 0 Å². The Bertz CT molecular complexity index is 433. The van der Waals surface area contributed by atoms with E-state index in [0.29, 0.717) is 5.02 Å². The van der Waals surface area contributed by atoms with Crippen LogP contribution in [0.15, 0.2) is 18.5 Å². The van der Waals surface area contributed by atoms with Crippen molar-refractivity contribution in [2.45, 2.75) is 25.1 Å². The molecule has 0 saturated carbocycles. The zero-order valence-corrected chi connectivity index (χ0v) is 11.7. The van der Waals surface area contributed by atoms with Gasteiger partial charge in [-0.05, 0) is 18.1 Å². The molecular formula is C13H17ClF3N3. The van der Waals surface area contributed by atoms with Crippen LogP contribution in [0.2, 0.25) is 5.02 Å². The molecule has 0 radical (unpaired) electrons. The minimum absolute atomic E-state index is 0.0211. The lowest BCUT2D eigenvalue weighted by atomic mass is 10.0. The number of piperazine rings is 1. The average Bonchev–Trinajstić information content (AvgIpc) is 2.41. The molecule has 112 valence electrons. The fraction of sp³-hybridized carbons (Fsp3) is 0.615. The van der Waals surface area contributed by atoms with Crippen LogP contribution in [0.3, 0.4) is 0 Å². The molecule has 1 atom stereocenters. The molecule has 0 unspecified atom stereocenters. The van der Waals surface area contributed by atoms with Crippen molar-refractivity contribution >= 4 is 11.6 Å². The minimum atomic E-state index is -4.15. The van der Waals surface area contributed by atoms with Crippen LogP contribution in [0.4, 0.5) is 13.2 Å². The van der Waals surface area contributed by atoms with Gasteiger partial charge in [-0.15, -0.1) is 0 Å². The second-order valence-electron chi connectivity index (χ2n) is 4.85. The molecule has 20 heavy (non-hydrogen) atoms. The second-order valence-corrected chi connectivity index (χ2v) is 5.26. The van der Waals surface area contributed by atoms with Gasteiger partial charge in [-0.1, -0.05) is 11.6 Å². The van der Waals surface area contributed by atoms with Gasteiger partial charge in [0.15, 0.2) is 0 Å². The predicted octanol–water partition coefficient (Wildman–Crippen LogP) is 3.02. The molecule has 1 aliphatic heterocycles. The van der Waals surface area contributed by atoms with Crippen molar-refractivity contribution in [2.24, 2.45) is 0 Å². The number of alkyl halides is 3. The quantitative estimate of drug-likeness (QED) is 0.927. The van der Waals surface area contributed by atoms with Gasteiger partial charge < -0.3 is 5.32 Å². The molecule has 3 nitrogen and oxygen atoms in total. The van der Waals surface area contributed by atoms with Crippen molar-refractivity contribution in [3.05, 3.63) is 29.0 Å². The number of pyridine rings is 1. The Morgan fingerprint density at radius 3 is 2.65 bits per heavy atom. The lowest BCUT2D eigenvalue weighted by molar-refractivity contribution is -0.138. The van der Waals surface area contributed by atoms with Crippen LogP contribution in [-0.4, -0.2) is 42.2 Å². The summed E-state index contributed by atoms with van der Waals surface area (Å²) in [7, 11) is 0. The van der Waals surface area contributed by atoms with Crippen LogP contribution in [0.25, 0.3) is 0 Å². The zero-order valence-electron chi connectivity index (χ0n) is 11.0. The summed E-state index contributed by atoms with van der Waals surface area (Å²) in [5, 5.41) is 3.63. The first kappa shape index (κ1) is 15.5. The maximum Gasteiger partial charge on any atom is 0.389 e. The summed E-state index contributed by atoms with van der Waals surface area (Å²) in [6.07, 6.45) is -1.87. The van der Waals surface area contributed by atoms with Crippen LogP contribution in [0.1, 0.15) is 24.4 Å². The van der Waals surface area contributed by atoms with Gasteiger partial charge in [-0.3, -0.25) is 9.88 Å². The van der Waals surface area contributed by atoms with Gasteiger partial charge in [-0.2, -0.15) is 13.2 Å². The van der Waals surface area contributed by atoms with E-state index < -0.39 is 12.6 Å². The normalized spacial score (nSPS) is 19.0. The summed E-state index contributed by atoms with van der Waals surface area (Å²) in [6, 6.07) is 1.40. The summed E-state index contributed by atoms with van der Waals surface area (Å²) in [6.45, 7) is 3.01. The lowest BCUT2D eigenvalue weighted by Gasteiger charge is -2.35. The van der Waals surface area contributed by atoms with Crippen LogP contribution >= 0.6 is 11.6 Å². The highest BCUT2D eigenvalue weighted by molar-refractivity contribution is 6.31. The fourth-order valence-corrected chi connectivity index (χ4v) is 2.73. The Kier molecular flexibility index (Phi) is 5.23. The third-order valence-electron chi connectivity index (χ3n) is 3.46. The third-order valence-corrected chi connectivity index (χ3v) is 3.77. The van der Waals surface area contributed by atoms with E-state index in [1.165, 1.54) is 6.20 Å². The van der Waals surface area contributed by atoms with Gasteiger partial charge in [-0.25, -0.2) is 0 Å². The molecule has 0 bridgehead atoms. The Balaban J connectivity index is 2.17. The first-order valence-electron chi connectivity index (χ1n) is 6.58. The number of hydrogen-bond acceptors (Lipinski definition) is 3. The first-order valence-corrected chi connectivity index (χ1v) is 6.96. The van der Waals surface area contributed by atoms with E-state index in [1.54, 1.807) is 12.3 Å². The molecule has 2 heterocycles. The predicted molar refractivity (Wildman–Crippen MR) is 71.7 cm³/mol. The first-order chi connectivity index (χ1) is 9.47. The van der Waals surface area contributed by atoms with Crippen molar-refractivity contribution in [1.29, 1.82) is 0 Å². The van der Waals surface area contributed by atoms with E-state index in [2.05, 4.69) is 15.2 Å². The van der Waals surface area contributed by atoms with Crippen LogP contribution < -0.4 is 5.32 Å². The number of rotatable bonds is 4. The van der Waals surface area contributed by atoms with E-state index >= 15 is 0 Å². The fourth-order valence-electron chi connectivity index (χ4n) is 2.49. The summed E-state index contributed by atoms with van der Waals surface area (Å²) < 4.78 is 37.6. The molecule has 1 aromatic heterocycles. The Hall–Kier alpha value is -0.850. The summed E-state index contributed by atoms with van der Waals surface area (Å²) in [5.74, 6) is 0. The number of halogens is 4. The van der Waals surface area contributed by atoms with Gasteiger partial charge in [0.2, 0.25) is 0 Å². The highest BCUT2D eigenvalue weighted by atomic mass is 35.5. The average molecular weight is 308 g/mol. The van der Waals surface area contributed by atoms with Crippen molar-refractivity contribution in [3.63, 3.8) is 0 Å². The van der Waals surface area contributed by atoms with Crippen molar-refractivity contribution in [1.82, 2.24) is 15.2 Å². The molecule has 1 aliphatic rings. The third kappa shape index (κ3) is 4.33. The summed E-state index contributed by atoms with van der Waals surface area (Å²) >= 11 is 6.10. The lowest BCUT2D eigenvalue weighted by Crippen LogP contribution is -2.45. The largest absolute Gasteiger partial charge is 0.389 e. The highest BCUT2D eigenvalue weighted by Gasteiger charge is 2.31. The number of aromatic nitrogens is 1. The zero-order chi connectivity index (χ0) is 14.6. The maximum atomic E-state index is 12.5. The van der Waals surface area contributed by atoms with Gasteiger partial charge in [0, 0.05) is 51.0 Å². The number of hydrogen-bond donors (Lipinski definition) is 1. The minimum Gasteiger partial charge on any atom is -0.314 e. The molecule has 1 aromatic rings. The van der Waals surface area contributed by atoms with E-state index in [0.717, 1.165) is 31.7 Å². The molecule has 1 saturated heterocycles. The van der Waals surface area contributed by atoms with Crippen LogP contribution in [0.5, 0.6) is 0 Å². The van der Waals surface area contributed by atoms with Gasteiger partial charge in [0.25, 0.3) is 0 Å². The second kappa shape index (κ2) is 6.74. The highest BCUT2D eigenvalue weighted by Crippen LogP contribution is 2.34. The standard InChI is InChI=1S/C13H17ClF3N3/c14-11-9-19-4-2-10(11)12(1-3-13(15,16)17)20-7-5-18-6-8-20/h2,4,9,12,18H,1,3,5-8H2/t12-/m1/s1.